The molecule has 0 unspecified atom stereocenters. The lowest BCUT2D eigenvalue weighted by molar-refractivity contribution is 0.0600. The molecule has 0 atom stereocenters. The Labute approximate surface area is 126 Å². The minimum Gasteiger partial charge on any atom is -0.465 e. The summed E-state index contributed by atoms with van der Waals surface area (Å²) >= 11 is 3.45. The van der Waals surface area contributed by atoms with Gasteiger partial charge in [-0.2, -0.15) is 0 Å². The molecule has 1 heterocycles. The average molecular weight is 335 g/mol. The van der Waals surface area contributed by atoms with E-state index in [1.807, 2.05) is 31.2 Å². The van der Waals surface area contributed by atoms with Gasteiger partial charge in [-0.3, -0.25) is 4.98 Å². The number of rotatable bonds is 4. The second-order valence-electron chi connectivity index (χ2n) is 4.34. The number of carbonyl (C=O) groups excluding carboxylic acids is 1. The maximum atomic E-state index is 11.3. The Kier molecular flexibility index (Phi) is 4.74. The third-order valence-corrected chi connectivity index (χ3v) is 3.40. The largest absolute Gasteiger partial charge is 0.465 e. The van der Waals surface area contributed by atoms with Crippen LogP contribution in [0, 0.1) is 6.92 Å². The highest BCUT2D eigenvalue weighted by Crippen LogP contribution is 2.21. The van der Waals surface area contributed by atoms with Crippen molar-refractivity contribution in [3.63, 3.8) is 0 Å². The van der Waals surface area contributed by atoms with Gasteiger partial charge in [-0.1, -0.05) is 22.0 Å². The lowest BCUT2D eigenvalue weighted by atomic mass is 10.2. The molecule has 0 radical (unpaired) electrons. The van der Waals surface area contributed by atoms with Crippen molar-refractivity contribution in [2.24, 2.45) is 0 Å². The van der Waals surface area contributed by atoms with Crippen molar-refractivity contribution < 1.29 is 9.53 Å². The Morgan fingerprint density at radius 1 is 1.35 bits per heavy atom. The van der Waals surface area contributed by atoms with Gasteiger partial charge in [0, 0.05) is 16.4 Å². The normalized spacial score (nSPS) is 10.2. The van der Waals surface area contributed by atoms with E-state index < -0.39 is 0 Å². The molecular formula is C15H15BrN2O2. The highest BCUT2D eigenvalue weighted by Gasteiger charge is 2.05. The van der Waals surface area contributed by atoms with E-state index in [4.69, 9.17) is 0 Å². The summed E-state index contributed by atoms with van der Waals surface area (Å²) in [5.41, 5.74) is 3.53. The Hall–Kier alpha value is -1.88. The molecule has 1 N–H and O–H groups in total. The number of pyridine rings is 1. The molecule has 1 aromatic carbocycles. The van der Waals surface area contributed by atoms with Crippen LogP contribution >= 0.6 is 15.9 Å². The average Bonchev–Trinajstić information content (AvgIpc) is 2.48. The van der Waals surface area contributed by atoms with E-state index in [2.05, 4.69) is 31.0 Å². The zero-order valence-electron chi connectivity index (χ0n) is 11.3. The zero-order chi connectivity index (χ0) is 14.5. The quantitative estimate of drug-likeness (QED) is 0.868. The van der Waals surface area contributed by atoms with E-state index in [1.165, 1.54) is 18.9 Å². The summed E-state index contributed by atoms with van der Waals surface area (Å²) in [6.07, 6.45) is 1.52. The maximum absolute atomic E-state index is 11.3. The smallest absolute Gasteiger partial charge is 0.339 e. The van der Waals surface area contributed by atoms with Gasteiger partial charge >= 0.3 is 5.97 Å². The number of ether oxygens (including phenoxy) is 1. The van der Waals surface area contributed by atoms with Crippen molar-refractivity contribution in [2.75, 3.05) is 12.4 Å². The molecule has 0 aliphatic rings. The summed E-state index contributed by atoms with van der Waals surface area (Å²) in [5.74, 6) is -0.375. The van der Waals surface area contributed by atoms with Gasteiger partial charge in [0.15, 0.2) is 0 Å². The maximum Gasteiger partial charge on any atom is 0.339 e. The van der Waals surface area contributed by atoms with Gasteiger partial charge in [-0.05, 0) is 36.8 Å². The number of nitrogens with one attached hydrogen (secondary N) is 1. The predicted octanol–water partition coefficient (Wildman–Crippen LogP) is 3.55. The Balaban J connectivity index is 2.04. The molecule has 2 rings (SSSR count). The highest BCUT2D eigenvalue weighted by molar-refractivity contribution is 9.10. The monoisotopic (exact) mass is 334 g/mol. The molecule has 2 aromatic rings. The number of aromatic nitrogens is 1. The summed E-state index contributed by atoms with van der Waals surface area (Å²) in [5, 5.41) is 3.32. The first-order valence-electron chi connectivity index (χ1n) is 6.13. The molecule has 20 heavy (non-hydrogen) atoms. The van der Waals surface area contributed by atoms with Crippen LogP contribution in [0.4, 0.5) is 5.69 Å². The van der Waals surface area contributed by atoms with Gasteiger partial charge in [0.25, 0.3) is 0 Å². The summed E-state index contributed by atoms with van der Waals surface area (Å²) in [7, 11) is 1.36. The van der Waals surface area contributed by atoms with Crippen LogP contribution < -0.4 is 5.32 Å². The number of carbonyl (C=O) groups is 1. The van der Waals surface area contributed by atoms with Gasteiger partial charge < -0.3 is 10.1 Å². The molecule has 0 saturated carbocycles. The second-order valence-corrected chi connectivity index (χ2v) is 5.26. The molecule has 0 spiro atoms. The lowest BCUT2D eigenvalue weighted by Crippen LogP contribution is -2.06. The van der Waals surface area contributed by atoms with E-state index in [0.717, 1.165) is 15.9 Å². The van der Waals surface area contributed by atoms with E-state index in [9.17, 15) is 4.79 Å². The lowest BCUT2D eigenvalue weighted by Gasteiger charge is -2.10. The number of aryl methyl sites for hydroxylation is 1. The summed E-state index contributed by atoms with van der Waals surface area (Å²) in [6.45, 7) is 2.64. The summed E-state index contributed by atoms with van der Waals surface area (Å²) < 4.78 is 5.66. The number of anilines is 1. The number of esters is 1. The number of hydrogen-bond donors (Lipinski definition) is 1. The fraction of sp³-hybridized carbons (Fsp3) is 0.200. The van der Waals surface area contributed by atoms with E-state index >= 15 is 0 Å². The van der Waals surface area contributed by atoms with Gasteiger partial charge in [0.2, 0.25) is 0 Å². The standard InChI is InChI=1S/C15H15BrN2O2/c1-10-3-5-12(16)7-14(10)18-9-13-6-4-11(8-17-13)15(19)20-2/h3-8,18H,9H2,1-2H3. The van der Waals surface area contributed by atoms with Crippen LogP contribution in [0.2, 0.25) is 0 Å². The number of nitrogens with zero attached hydrogens (tertiary/aromatic N) is 1. The van der Waals surface area contributed by atoms with Crippen LogP contribution in [0.3, 0.4) is 0 Å². The molecule has 1 aromatic heterocycles. The topological polar surface area (TPSA) is 51.2 Å². The molecule has 4 nitrogen and oxygen atoms in total. The molecule has 5 heteroatoms. The zero-order valence-corrected chi connectivity index (χ0v) is 12.9. The molecule has 0 aliphatic carbocycles. The molecule has 104 valence electrons. The summed E-state index contributed by atoms with van der Waals surface area (Å²) in [4.78, 5) is 15.5. The number of hydrogen-bond acceptors (Lipinski definition) is 4. The van der Waals surface area contributed by atoms with Gasteiger partial charge in [-0.15, -0.1) is 0 Å². The predicted molar refractivity (Wildman–Crippen MR) is 81.8 cm³/mol. The van der Waals surface area contributed by atoms with Crippen LogP contribution in [0.25, 0.3) is 0 Å². The number of benzene rings is 1. The molecular weight excluding hydrogens is 320 g/mol. The van der Waals surface area contributed by atoms with E-state index in [0.29, 0.717) is 12.1 Å². The minimum absolute atomic E-state index is 0.375. The van der Waals surface area contributed by atoms with E-state index in [1.54, 1.807) is 6.07 Å². The van der Waals surface area contributed by atoms with Gasteiger partial charge in [0.05, 0.1) is 24.9 Å². The van der Waals surface area contributed by atoms with Crippen LogP contribution in [-0.4, -0.2) is 18.1 Å². The number of halogens is 1. The first-order chi connectivity index (χ1) is 9.60. The van der Waals surface area contributed by atoms with Crippen molar-refractivity contribution in [1.29, 1.82) is 0 Å². The van der Waals surface area contributed by atoms with Gasteiger partial charge in [0.1, 0.15) is 0 Å². The third kappa shape index (κ3) is 3.57. The van der Waals surface area contributed by atoms with Crippen molar-refractivity contribution >= 4 is 27.6 Å². The molecule has 0 aliphatic heterocycles. The van der Waals surface area contributed by atoms with Crippen LogP contribution in [-0.2, 0) is 11.3 Å². The first-order valence-corrected chi connectivity index (χ1v) is 6.92. The van der Waals surface area contributed by atoms with Crippen LogP contribution in [0.15, 0.2) is 41.0 Å². The Morgan fingerprint density at radius 3 is 2.80 bits per heavy atom. The van der Waals surface area contributed by atoms with Crippen LogP contribution in [0.5, 0.6) is 0 Å². The molecule has 0 amide bonds. The van der Waals surface area contributed by atoms with Gasteiger partial charge in [-0.25, -0.2) is 4.79 Å². The first kappa shape index (κ1) is 14.5. The minimum atomic E-state index is -0.375. The molecule has 0 bridgehead atoms. The molecule has 0 saturated heterocycles. The fourth-order valence-electron chi connectivity index (χ4n) is 1.74. The summed E-state index contributed by atoms with van der Waals surface area (Å²) in [6, 6.07) is 9.60. The van der Waals surface area contributed by atoms with Crippen molar-refractivity contribution in [1.82, 2.24) is 4.98 Å². The van der Waals surface area contributed by atoms with Crippen molar-refractivity contribution in [2.45, 2.75) is 13.5 Å². The Bertz CT molecular complexity index is 612. The van der Waals surface area contributed by atoms with E-state index in [-0.39, 0.29) is 5.97 Å². The van der Waals surface area contributed by atoms with Crippen molar-refractivity contribution in [3.8, 4) is 0 Å². The van der Waals surface area contributed by atoms with Crippen LogP contribution in [0.1, 0.15) is 21.6 Å². The molecule has 0 fully saturated rings. The number of methoxy groups -OCH3 is 1. The Morgan fingerprint density at radius 2 is 2.15 bits per heavy atom. The fourth-order valence-corrected chi connectivity index (χ4v) is 2.10. The highest BCUT2D eigenvalue weighted by atomic mass is 79.9. The second kappa shape index (κ2) is 6.52. The SMILES string of the molecule is COC(=O)c1ccc(CNc2cc(Br)ccc2C)nc1. The third-order valence-electron chi connectivity index (χ3n) is 2.91. The van der Waals surface area contributed by atoms with Crippen molar-refractivity contribution in [3.05, 3.63) is 57.8 Å².